The van der Waals surface area contributed by atoms with E-state index in [4.69, 9.17) is 5.11 Å². The summed E-state index contributed by atoms with van der Waals surface area (Å²) in [6.07, 6.45) is 4.71. The molecule has 0 aliphatic carbocycles. The van der Waals surface area contributed by atoms with Crippen molar-refractivity contribution in [3.05, 3.63) is 21.9 Å². The summed E-state index contributed by atoms with van der Waals surface area (Å²) in [7, 11) is 0. The van der Waals surface area contributed by atoms with E-state index in [1.807, 2.05) is 11.3 Å². The first kappa shape index (κ1) is 13.1. The molecule has 1 aromatic rings. The number of hydrogen-bond acceptors (Lipinski definition) is 3. The topological polar surface area (TPSA) is 23.5 Å². The molecule has 0 bridgehead atoms. The van der Waals surface area contributed by atoms with Crippen LogP contribution in [0.5, 0.6) is 0 Å². The van der Waals surface area contributed by atoms with Crippen molar-refractivity contribution in [3.63, 3.8) is 0 Å². The van der Waals surface area contributed by atoms with Crippen LogP contribution < -0.4 is 0 Å². The van der Waals surface area contributed by atoms with E-state index in [9.17, 15) is 0 Å². The van der Waals surface area contributed by atoms with Gasteiger partial charge in [-0.05, 0) is 50.3 Å². The van der Waals surface area contributed by atoms with E-state index < -0.39 is 0 Å². The second-order valence-electron chi connectivity index (χ2n) is 4.98. The highest BCUT2D eigenvalue weighted by Gasteiger charge is 2.19. The Kier molecular flexibility index (Phi) is 5.01. The van der Waals surface area contributed by atoms with Gasteiger partial charge in [-0.15, -0.1) is 11.3 Å². The molecule has 1 aliphatic heterocycles. The first-order chi connectivity index (χ1) is 8.31. The SMILES string of the molecule is CCc1ccc(CN2CCCC(CCO)C2)s1. The average Bonchev–Trinajstić information content (AvgIpc) is 2.78. The van der Waals surface area contributed by atoms with Crippen LogP contribution in [0.1, 0.15) is 35.9 Å². The summed E-state index contributed by atoms with van der Waals surface area (Å²) in [5.41, 5.74) is 0. The minimum Gasteiger partial charge on any atom is -0.396 e. The summed E-state index contributed by atoms with van der Waals surface area (Å²) in [5.74, 6) is 0.708. The molecule has 0 amide bonds. The molecule has 3 heteroatoms. The molecular formula is C14H23NOS. The normalized spacial score (nSPS) is 21.9. The van der Waals surface area contributed by atoms with E-state index in [0.29, 0.717) is 12.5 Å². The molecule has 2 nitrogen and oxygen atoms in total. The van der Waals surface area contributed by atoms with Crippen molar-refractivity contribution in [3.8, 4) is 0 Å². The molecule has 1 N–H and O–H groups in total. The van der Waals surface area contributed by atoms with Gasteiger partial charge in [0.25, 0.3) is 0 Å². The predicted molar refractivity (Wildman–Crippen MR) is 73.4 cm³/mol. The fourth-order valence-electron chi connectivity index (χ4n) is 2.63. The van der Waals surface area contributed by atoms with Crippen molar-refractivity contribution in [1.82, 2.24) is 4.90 Å². The van der Waals surface area contributed by atoms with Crippen molar-refractivity contribution in [2.75, 3.05) is 19.7 Å². The number of likely N-dealkylation sites (tertiary alicyclic amines) is 1. The highest BCUT2D eigenvalue weighted by atomic mass is 32.1. The van der Waals surface area contributed by atoms with Gasteiger partial charge >= 0.3 is 0 Å². The largest absolute Gasteiger partial charge is 0.396 e. The summed E-state index contributed by atoms with van der Waals surface area (Å²) in [6.45, 7) is 6.05. The Morgan fingerprint density at radius 3 is 2.94 bits per heavy atom. The zero-order chi connectivity index (χ0) is 12.1. The van der Waals surface area contributed by atoms with Crippen LogP contribution in [-0.4, -0.2) is 29.7 Å². The lowest BCUT2D eigenvalue weighted by atomic mass is 9.95. The van der Waals surface area contributed by atoms with Crippen LogP contribution in [0.2, 0.25) is 0 Å². The van der Waals surface area contributed by atoms with Crippen LogP contribution in [0, 0.1) is 5.92 Å². The van der Waals surface area contributed by atoms with Crippen molar-refractivity contribution in [1.29, 1.82) is 0 Å². The first-order valence-corrected chi connectivity index (χ1v) is 7.54. The zero-order valence-corrected chi connectivity index (χ0v) is 11.5. The Hall–Kier alpha value is -0.380. The van der Waals surface area contributed by atoms with Gasteiger partial charge in [-0.25, -0.2) is 0 Å². The minimum atomic E-state index is 0.345. The van der Waals surface area contributed by atoms with E-state index in [1.165, 1.54) is 35.7 Å². The lowest BCUT2D eigenvalue weighted by Gasteiger charge is -2.32. The molecule has 0 aromatic carbocycles. The number of aliphatic hydroxyl groups is 1. The third-order valence-electron chi connectivity index (χ3n) is 3.59. The Bertz CT molecular complexity index is 335. The Labute approximate surface area is 108 Å². The van der Waals surface area contributed by atoms with Gasteiger partial charge in [-0.2, -0.15) is 0 Å². The second kappa shape index (κ2) is 6.53. The van der Waals surface area contributed by atoms with E-state index >= 15 is 0 Å². The summed E-state index contributed by atoms with van der Waals surface area (Å²) >= 11 is 1.95. The Morgan fingerprint density at radius 1 is 1.41 bits per heavy atom. The fraction of sp³-hybridized carbons (Fsp3) is 0.714. The molecule has 2 heterocycles. The maximum absolute atomic E-state index is 9.01. The van der Waals surface area contributed by atoms with E-state index in [0.717, 1.165) is 19.4 Å². The van der Waals surface area contributed by atoms with Crippen LogP contribution in [-0.2, 0) is 13.0 Å². The molecule has 1 unspecified atom stereocenters. The Balaban J connectivity index is 1.85. The monoisotopic (exact) mass is 253 g/mol. The molecular weight excluding hydrogens is 230 g/mol. The molecule has 1 saturated heterocycles. The summed E-state index contributed by atoms with van der Waals surface area (Å²) in [5, 5.41) is 9.01. The van der Waals surface area contributed by atoms with Gasteiger partial charge in [-0.3, -0.25) is 4.90 Å². The van der Waals surface area contributed by atoms with Gasteiger partial charge < -0.3 is 5.11 Å². The highest BCUT2D eigenvalue weighted by molar-refractivity contribution is 7.11. The smallest absolute Gasteiger partial charge is 0.0434 e. The van der Waals surface area contributed by atoms with E-state index in [-0.39, 0.29) is 0 Å². The minimum absolute atomic E-state index is 0.345. The van der Waals surface area contributed by atoms with E-state index in [1.54, 1.807) is 0 Å². The number of aliphatic hydroxyl groups excluding tert-OH is 1. The molecule has 0 spiro atoms. The van der Waals surface area contributed by atoms with Crippen molar-refractivity contribution in [2.24, 2.45) is 5.92 Å². The molecule has 0 radical (unpaired) electrons. The number of nitrogens with zero attached hydrogens (tertiary/aromatic N) is 1. The highest BCUT2D eigenvalue weighted by Crippen LogP contribution is 2.24. The predicted octanol–water partition coefficient (Wildman–Crippen LogP) is 2.90. The third kappa shape index (κ3) is 3.80. The standard InChI is InChI=1S/C14H23NOS/c1-2-13-5-6-14(17-13)11-15-8-3-4-12(10-15)7-9-16/h5-6,12,16H,2-4,7-11H2,1H3. The van der Waals surface area contributed by atoms with Crippen LogP contribution in [0.4, 0.5) is 0 Å². The zero-order valence-electron chi connectivity index (χ0n) is 10.7. The maximum Gasteiger partial charge on any atom is 0.0434 e. The number of hydrogen-bond donors (Lipinski definition) is 1. The fourth-order valence-corrected chi connectivity index (χ4v) is 3.63. The lowest BCUT2D eigenvalue weighted by molar-refractivity contribution is 0.143. The van der Waals surface area contributed by atoms with Gasteiger partial charge in [0.15, 0.2) is 0 Å². The summed E-state index contributed by atoms with van der Waals surface area (Å²) < 4.78 is 0. The summed E-state index contributed by atoms with van der Waals surface area (Å²) in [4.78, 5) is 5.53. The van der Waals surface area contributed by atoms with Gasteiger partial charge in [0.1, 0.15) is 0 Å². The Morgan fingerprint density at radius 2 is 2.24 bits per heavy atom. The molecule has 0 saturated carbocycles. The van der Waals surface area contributed by atoms with Gasteiger partial charge in [0, 0.05) is 29.5 Å². The molecule has 1 aromatic heterocycles. The molecule has 96 valence electrons. The molecule has 1 atom stereocenters. The van der Waals surface area contributed by atoms with Crippen LogP contribution in [0.15, 0.2) is 12.1 Å². The molecule has 1 aliphatic rings. The van der Waals surface area contributed by atoms with Gasteiger partial charge in [0.2, 0.25) is 0 Å². The van der Waals surface area contributed by atoms with Crippen LogP contribution in [0.3, 0.4) is 0 Å². The molecule has 1 fully saturated rings. The lowest BCUT2D eigenvalue weighted by Crippen LogP contribution is -2.35. The van der Waals surface area contributed by atoms with Crippen LogP contribution >= 0.6 is 11.3 Å². The van der Waals surface area contributed by atoms with Crippen molar-refractivity contribution >= 4 is 11.3 Å². The second-order valence-corrected chi connectivity index (χ2v) is 6.23. The molecule has 2 rings (SSSR count). The van der Waals surface area contributed by atoms with Crippen molar-refractivity contribution in [2.45, 2.75) is 39.2 Å². The number of piperidine rings is 1. The number of rotatable bonds is 5. The molecule has 17 heavy (non-hydrogen) atoms. The first-order valence-electron chi connectivity index (χ1n) is 6.72. The quantitative estimate of drug-likeness (QED) is 0.872. The van der Waals surface area contributed by atoms with Gasteiger partial charge in [0.05, 0.1) is 0 Å². The number of aryl methyl sites for hydroxylation is 1. The van der Waals surface area contributed by atoms with E-state index in [2.05, 4.69) is 24.0 Å². The summed E-state index contributed by atoms with van der Waals surface area (Å²) in [6, 6.07) is 4.54. The van der Waals surface area contributed by atoms with Crippen molar-refractivity contribution < 1.29 is 5.11 Å². The third-order valence-corrected chi connectivity index (χ3v) is 4.80. The average molecular weight is 253 g/mol. The van der Waals surface area contributed by atoms with Gasteiger partial charge in [-0.1, -0.05) is 6.92 Å². The van der Waals surface area contributed by atoms with Crippen LogP contribution in [0.25, 0.3) is 0 Å². The number of thiophene rings is 1. The maximum atomic E-state index is 9.01.